The lowest BCUT2D eigenvalue weighted by atomic mass is 10.00. The molecule has 0 aliphatic carbocycles. The molecule has 0 spiro atoms. The number of hydrogen-bond acceptors (Lipinski definition) is 5. The third-order valence-electron chi connectivity index (χ3n) is 5.86. The van der Waals surface area contributed by atoms with Crippen LogP contribution in [0.4, 0.5) is 14.9 Å². The van der Waals surface area contributed by atoms with Crippen LogP contribution in [0.2, 0.25) is 0 Å². The van der Waals surface area contributed by atoms with Crippen molar-refractivity contribution < 1.29 is 23.5 Å². The molecule has 1 saturated heterocycles. The molecule has 3 amide bonds. The Bertz CT molecular complexity index is 1210. The molecule has 9 heteroatoms. The zero-order chi connectivity index (χ0) is 25.7. The average molecular weight is 510 g/mol. The summed E-state index contributed by atoms with van der Waals surface area (Å²) in [7, 11) is 0. The van der Waals surface area contributed by atoms with Gasteiger partial charge in [0.05, 0.1) is 11.4 Å². The van der Waals surface area contributed by atoms with Crippen molar-refractivity contribution in [3.63, 3.8) is 0 Å². The van der Waals surface area contributed by atoms with Crippen LogP contribution >= 0.6 is 11.3 Å². The Balaban J connectivity index is 1.58. The van der Waals surface area contributed by atoms with Crippen molar-refractivity contribution in [1.82, 2.24) is 10.2 Å². The van der Waals surface area contributed by atoms with Gasteiger partial charge in [0.2, 0.25) is 5.91 Å². The van der Waals surface area contributed by atoms with Gasteiger partial charge in [0.1, 0.15) is 5.82 Å². The number of cyclic esters (lactones) is 1. The number of anilines is 1. The molecule has 36 heavy (non-hydrogen) atoms. The van der Waals surface area contributed by atoms with Gasteiger partial charge >= 0.3 is 6.09 Å². The van der Waals surface area contributed by atoms with Crippen molar-refractivity contribution in [2.75, 3.05) is 11.9 Å². The van der Waals surface area contributed by atoms with Crippen LogP contribution in [0.25, 0.3) is 0 Å². The summed E-state index contributed by atoms with van der Waals surface area (Å²) in [4.78, 5) is 40.7. The Labute approximate surface area is 213 Å². The van der Waals surface area contributed by atoms with Crippen molar-refractivity contribution >= 4 is 34.9 Å². The quantitative estimate of drug-likeness (QED) is 0.406. The summed E-state index contributed by atoms with van der Waals surface area (Å²) in [6, 6.07) is 15.3. The number of rotatable bonds is 9. The highest BCUT2D eigenvalue weighted by molar-refractivity contribution is 7.12. The van der Waals surface area contributed by atoms with Crippen LogP contribution in [0.3, 0.4) is 0 Å². The third kappa shape index (κ3) is 6.09. The fraction of sp³-hybridized carbons (Fsp3) is 0.296. The van der Waals surface area contributed by atoms with E-state index in [0.29, 0.717) is 34.2 Å². The van der Waals surface area contributed by atoms with Crippen molar-refractivity contribution in [2.24, 2.45) is 5.92 Å². The maximum Gasteiger partial charge on any atom is 0.411 e. The maximum absolute atomic E-state index is 13.4. The van der Waals surface area contributed by atoms with E-state index in [1.807, 2.05) is 5.38 Å². The van der Waals surface area contributed by atoms with Gasteiger partial charge in [-0.1, -0.05) is 44.2 Å². The van der Waals surface area contributed by atoms with E-state index in [0.717, 1.165) is 6.42 Å². The fourth-order valence-electron chi connectivity index (χ4n) is 3.98. The summed E-state index contributed by atoms with van der Waals surface area (Å²) < 4.78 is 19.1. The molecule has 0 bridgehead atoms. The van der Waals surface area contributed by atoms with Gasteiger partial charge in [-0.05, 0) is 59.2 Å². The molecule has 0 saturated carbocycles. The second-order valence-corrected chi connectivity index (χ2v) is 9.98. The molecule has 7 nitrogen and oxygen atoms in total. The second-order valence-electron chi connectivity index (χ2n) is 9.03. The highest BCUT2D eigenvalue weighted by Gasteiger charge is 2.47. The first-order valence-corrected chi connectivity index (χ1v) is 12.6. The fourth-order valence-corrected chi connectivity index (χ4v) is 4.60. The van der Waals surface area contributed by atoms with E-state index < -0.39 is 18.2 Å². The van der Waals surface area contributed by atoms with Gasteiger partial charge in [0.25, 0.3) is 5.91 Å². The highest BCUT2D eigenvalue weighted by atomic mass is 32.1. The van der Waals surface area contributed by atoms with Crippen LogP contribution < -0.4 is 10.6 Å². The van der Waals surface area contributed by atoms with Crippen molar-refractivity contribution in [3.05, 3.63) is 87.9 Å². The number of nitrogens with zero attached hydrogens (tertiary/aromatic N) is 1. The van der Waals surface area contributed by atoms with Crippen LogP contribution in [0.15, 0.2) is 66.0 Å². The largest absolute Gasteiger partial charge is 0.438 e. The van der Waals surface area contributed by atoms with E-state index >= 15 is 0 Å². The monoisotopic (exact) mass is 509 g/mol. The molecule has 3 aromatic rings. The Morgan fingerprint density at radius 1 is 1.11 bits per heavy atom. The molecule has 0 radical (unpaired) electrons. The van der Waals surface area contributed by atoms with Gasteiger partial charge in [0.15, 0.2) is 12.1 Å². The minimum atomic E-state index is -0.932. The minimum Gasteiger partial charge on any atom is -0.438 e. The van der Waals surface area contributed by atoms with Gasteiger partial charge in [-0.25, -0.2) is 9.18 Å². The molecular weight excluding hydrogens is 481 g/mol. The summed E-state index contributed by atoms with van der Waals surface area (Å²) in [5.74, 6) is -0.556. The lowest BCUT2D eigenvalue weighted by Crippen LogP contribution is -2.46. The van der Waals surface area contributed by atoms with Gasteiger partial charge in [-0.15, -0.1) is 11.3 Å². The zero-order valence-electron chi connectivity index (χ0n) is 20.1. The Kier molecular flexibility index (Phi) is 8.00. The summed E-state index contributed by atoms with van der Waals surface area (Å²) in [5.41, 5.74) is 1.78. The number of nitrogens with one attached hydrogen (secondary N) is 2. The van der Waals surface area contributed by atoms with E-state index in [-0.39, 0.29) is 24.2 Å². The number of amides is 3. The molecule has 4 rings (SSSR count). The minimum absolute atomic E-state index is 0.0900. The van der Waals surface area contributed by atoms with Crippen LogP contribution in [0.5, 0.6) is 0 Å². The van der Waals surface area contributed by atoms with Crippen LogP contribution in [-0.2, 0) is 16.1 Å². The summed E-state index contributed by atoms with van der Waals surface area (Å²) >= 11 is 1.33. The molecule has 2 heterocycles. The number of halogens is 1. The molecule has 188 valence electrons. The lowest BCUT2D eigenvalue weighted by molar-refractivity contribution is -0.126. The Morgan fingerprint density at radius 2 is 1.89 bits per heavy atom. The third-order valence-corrected chi connectivity index (χ3v) is 6.73. The summed E-state index contributed by atoms with van der Waals surface area (Å²) in [6.07, 6.45) is -0.725. The first-order chi connectivity index (χ1) is 17.3. The van der Waals surface area contributed by atoms with Gasteiger partial charge in [-0.2, -0.15) is 0 Å². The summed E-state index contributed by atoms with van der Waals surface area (Å²) in [5, 5.41) is 7.59. The lowest BCUT2D eigenvalue weighted by Gasteiger charge is -2.24. The summed E-state index contributed by atoms with van der Waals surface area (Å²) in [6.45, 7) is 4.68. The van der Waals surface area contributed by atoms with Crippen LogP contribution in [0, 0.1) is 11.7 Å². The van der Waals surface area contributed by atoms with E-state index in [1.165, 1.54) is 28.4 Å². The van der Waals surface area contributed by atoms with Gasteiger partial charge in [-0.3, -0.25) is 14.5 Å². The molecule has 2 N–H and O–H groups in total. The number of ether oxygens (including phenoxy) is 1. The topological polar surface area (TPSA) is 87.7 Å². The molecule has 1 aliphatic heterocycles. The predicted octanol–water partition coefficient (Wildman–Crippen LogP) is 5.36. The molecule has 1 aromatic heterocycles. The number of benzene rings is 2. The van der Waals surface area contributed by atoms with E-state index in [2.05, 4.69) is 24.5 Å². The number of hydrogen-bond donors (Lipinski definition) is 2. The molecule has 2 unspecified atom stereocenters. The smallest absolute Gasteiger partial charge is 0.411 e. The first kappa shape index (κ1) is 25.4. The van der Waals surface area contributed by atoms with Gasteiger partial charge in [0, 0.05) is 12.2 Å². The van der Waals surface area contributed by atoms with Crippen LogP contribution in [-0.4, -0.2) is 35.4 Å². The molecule has 2 aromatic carbocycles. The number of carbonyl (C=O) groups is 3. The van der Waals surface area contributed by atoms with Crippen molar-refractivity contribution in [2.45, 2.75) is 39.0 Å². The van der Waals surface area contributed by atoms with Crippen molar-refractivity contribution in [1.29, 1.82) is 0 Å². The molecule has 1 aliphatic rings. The average Bonchev–Trinajstić information content (AvgIpc) is 3.49. The molecule has 2 atom stereocenters. The maximum atomic E-state index is 13.4. The second kappa shape index (κ2) is 11.3. The number of carbonyl (C=O) groups excluding carboxylic acids is 3. The Morgan fingerprint density at radius 3 is 2.58 bits per heavy atom. The molecular formula is C27H28FN3O4S. The van der Waals surface area contributed by atoms with Crippen molar-refractivity contribution in [3.8, 4) is 0 Å². The molecule has 1 fully saturated rings. The van der Waals surface area contributed by atoms with Crippen LogP contribution in [0.1, 0.15) is 47.2 Å². The van der Waals surface area contributed by atoms with E-state index in [1.54, 1.807) is 48.5 Å². The van der Waals surface area contributed by atoms with E-state index in [9.17, 15) is 18.8 Å². The SMILES string of the molecule is CC(C)CCNC(=O)C1C(c2cccc(NC(=O)c3cccs3)c2)OC(=O)N1Cc1ccc(F)cc1. The highest BCUT2D eigenvalue weighted by Crippen LogP contribution is 2.35. The Hall–Kier alpha value is -3.72. The predicted molar refractivity (Wildman–Crippen MR) is 136 cm³/mol. The number of thiophene rings is 1. The van der Waals surface area contributed by atoms with Gasteiger partial charge < -0.3 is 15.4 Å². The standard InChI is InChI=1S/C27H28FN3O4S/c1-17(2)12-13-29-26(33)23-24(35-27(34)31(23)16-18-8-10-20(28)11-9-18)19-5-3-6-21(15-19)30-25(32)22-7-4-14-36-22/h3-11,14-15,17,23-24H,12-13,16H2,1-2H3,(H,29,33)(H,30,32). The normalized spacial score (nSPS) is 17.2. The first-order valence-electron chi connectivity index (χ1n) is 11.8. The van der Waals surface area contributed by atoms with E-state index in [4.69, 9.17) is 4.74 Å². The zero-order valence-corrected chi connectivity index (χ0v) is 20.9.